The van der Waals surface area contributed by atoms with Crippen LogP contribution in [0.2, 0.25) is 0 Å². The van der Waals surface area contributed by atoms with Crippen molar-refractivity contribution in [3.8, 4) is 0 Å². The van der Waals surface area contributed by atoms with Gasteiger partial charge in [-0.15, -0.1) is 0 Å². The summed E-state index contributed by atoms with van der Waals surface area (Å²) in [4.78, 5) is 12.9. The number of nitrogen functional groups attached to an aromatic ring is 1. The third kappa shape index (κ3) is 4.79. The number of nitrogens with zero attached hydrogens (tertiary/aromatic N) is 2. The predicted octanol–water partition coefficient (Wildman–Crippen LogP) is 6.18. The van der Waals surface area contributed by atoms with Gasteiger partial charge in [-0.25, -0.2) is 9.97 Å². The van der Waals surface area contributed by atoms with Gasteiger partial charge in [-0.3, -0.25) is 0 Å². The van der Waals surface area contributed by atoms with Crippen molar-refractivity contribution < 1.29 is 0 Å². The van der Waals surface area contributed by atoms with Crippen LogP contribution in [0.5, 0.6) is 0 Å². The minimum absolute atomic E-state index is 0.447. The number of anilines is 1. The van der Waals surface area contributed by atoms with E-state index in [-0.39, 0.29) is 0 Å². The summed E-state index contributed by atoms with van der Waals surface area (Å²) in [5.74, 6) is 1.55. The fourth-order valence-corrected chi connectivity index (χ4v) is 3.82. The average Bonchev–Trinajstić information content (AvgIpc) is 3.02. The normalized spacial score (nSPS) is 12.3. The van der Waals surface area contributed by atoms with E-state index in [0.29, 0.717) is 11.2 Å². The van der Waals surface area contributed by atoms with Crippen LogP contribution in [0, 0.1) is 5.41 Å². The Labute approximate surface area is 163 Å². The summed E-state index contributed by atoms with van der Waals surface area (Å²) in [6, 6.07) is 6.37. The molecule has 0 aliphatic carbocycles. The molecular formula is C23H34N4. The van der Waals surface area contributed by atoms with Crippen LogP contribution < -0.4 is 5.73 Å². The number of hydrogen-bond donors (Lipinski definition) is 2. The first-order valence-electron chi connectivity index (χ1n) is 10.4. The Morgan fingerprint density at radius 2 is 1.78 bits per heavy atom. The van der Waals surface area contributed by atoms with Crippen molar-refractivity contribution >= 4 is 27.8 Å². The summed E-state index contributed by atoms with van der Waals surface area (Å²) < 4.78 is 0. The van der Waals surface area contributed by atoms with Gasteiger partial charge in [0.05, 0.1) is 5.52 Å². The molecule has 0 radical (unpaired) electrons. The number of pyridine rings is 1. The molecule has 3 rings (SSSR count). The van der Waals surface area contributed by atoms with E-state index in [1.165, 1.54) is 43.1 Å². The maximum Gasteiger partial charge on any atom is 0.150 e. The van der Waals surface area contributed by atoms with Crippen molar-refractivity contribution in [2.75, 3.05) is 5.73 Å². The summed E-state index contributed by atoms with van der Waals surface area (Å²) in [7, 11) is 0. The zero-order chi connectivity index (χ0) is 19.4. The maximum absolute atomic E-state index is 6.19. The molecule has 4 heteroatoms. The zero-order valence-corrected chi connectivity index (χ0v) is 17.4. The molecule has 0 bridgehead atoms. The highest BCUT2D eigenvalue weighted by Crippen LogP contribution is 2.30. The summed E-state index contributed by atoms with van der Waals surface area (Å²) >= 11 is 0. The van der Waals surface area contributed by atoms with Gasteiger partial charge >= 0.3 is 0 Å². The smallest absolute Gasteiger partial charge is 0.150 e. The minimum atomic E-state index is 0.447. The van der Waals surface area contributed by atoms with E-state index in [1.807, 2.05) is 6.07 Å². The molecule has 3 N–H and O–H groups in total. The molecule has 4 nitrogen and oxygen atoms in total. The van der Waals surface area contributed by atoms with Gasteiger partial charge in [-0.1, -0.05) is 59.1 Å². The van der Waals surface area contributed by atoms with Crippen LogP contribution in [0.25, 0.3) is 21.9 Å². The van der Waals surface area contributed by atoms with Gasteiger partial charge in [0, 0.05) is 11.8 Å². The molecule has 1 aromatic carbocycles. The fraction of sp³-hybridized carbons (Fsp3) is 0.565. The second-order valence-corrected chi connectivity index (χ2v) is 8.94. The Balaban J connectivity index is 1.78. The maximum atomic E-state index is 6.19. The van der Waals surface area contributed by atoms with E-state index in [4.69, 9.17) is 10.7 Å². The Kier molecular flexibility index (Phi) is 6.03. The molecule has 0 aliphatic heterocycles. The molecule has 146 valence electrons. The molecule has 2 heterocycles. The number of nitrogens with two attached hydrogens (primary N) is 1. The Hall–Kier alpha value is -2.10. The lowest BCUT2D eigenvalue weighted by Crippen LogP contribution is -2.03. The van der Waals surface area contributed by atoms with Crippen molar-refractivity contribution in [2.24, 2.45) is 5.41 Å². The summed E-state index contributed by atoms with van der Waals surface area (Å²) in [5, 5.41) is 1.18. The lowest BCUT2D eigenvalue weighted by Gasteiger charge is -2.17. The summed E-state index contributed by atoms with van der Waals surface area (Å²) in [6.07, 6.45) is 9.49. The van der Waals surface area contributed by atoms with Gasteiger partial charge < -0.3 is 10.7 Å². The van der Waals surface area contributed by atoms with Crippen LogP contribution in [0.3, 0.4) is 0 Å². The lowest BCUT2D eigenvalue weighted by molar-refractivity contribution is 0.357. The van der Waals surface area contributed by atoms with Gasteiger partial charge in [0.1, 0.15) is 22.7 Å². The van der Waals surface area contributed by atoms with Crippen molar-refractivity contribution in [2.45, 2.75) is 79.1 Å². The molecule has 3 aromatic rings. The van der Waals surface area contributed by atoms with Crippen molar-refractivity contribution in [3.63, 3.8) is 0 Å². The van der Waals surface area contributed by atoms with E-state index >= 15 is 0 Å². The Morgan fingerprint density at radius 3 is 2.52 bits per heavy atom. The topological polar surface area (TPSA) is 67.6 Å². The average molecular weight is 367 g/mol. The highest BCUT2D eigenvalue weighted by atomic mass is 15.0. The standard InChI is InChI=1S/C23H34N4/c1-5-11-18-26-20-19-16(12-8-6-7-9-15-23(2,3)4)13-10-14-17(19)25-22(24)21(20)27-18/h10,13-14H,5-9,11-12,15H2,1-4H3,(H2,24,25)(H,26,27). The molecular weight excluding hydrogens is 332 g/mol. The molecule has 0 fully saturated rings. The molecule has 2 aromatic heterocycles. The van der Waals surface area contributed by atoms with Crippen molar-refractivity contribution in [1.29, 1.82) is 0 Å². The van der Waals surface area contributed by atoms with E-state index in [9.17, 15) is 0 Å². The number of unbranched alkanes of at least 4 members (excludes halogenated alkanes) is 3. The molecule has 27 heavy (non-hydrogen) atoms. The zero-order valence-electron chi connectivity index (χ0n) is 17.4. The number of imidazole rings is 1. The Morgan fingerprint density at radius 1 is 1.00 bits per heavy atom. The van der Waals surface area contributed by atoms with Gasteiger partial charge in [-0.05, 0) is 42.7 Å². The highest BCUT2D eigenvalue weighted by Gasteiger charge is 2.14. The second kappa shape index (κ2) is 8.28. The lowest BCUT2D eigenvalue weighted by atomic mass is 9.89. The van der Waals surface area contributed by atoms with E-state index in [0.717, 1.165) is 41.6 Å². The third-order valence-corrected chi connectivity index (χ3v) is 5.23. The quantitative estimate of drug-likeness (QED) is 0.467. The van der Waals surface area contributed by atoms with E-state index in [1.54, 1.807) is 0 Å². The highest BCUT2D eigenvalue weighted by molar-refractivity contribution is 6.07. The molecule has 0 atom stereocenters. The van der Waals surface area contributed by atoms with Gasteiger partial charge in [0.25, 0.3) is 0 Å². The predicted molar refractivity (Wildman–Crippen MR) is 116 cm³/mol. The summed E-state index contributed by atoms with van der Waals surface area (Å²) in [5.41, 5.74) is 10.8. The number of nitrogens with one attached hydrogen (secondary N) is 1. The fourth-order valence-electron chi connectivity index (χ4n) is 3.82. The number of hydrogen-bond acceptors (Lipinski definition) is 3. The number of H-pyrrole nitrogens is 1. The number of rotatable bonds is 8. The largest absolute Gasteiger partial charge is 0.382 e. The van der Waals surface area contributed by atoms with Crippen molar-refractivity contribution in [1.82, 2.24) is 15.0 Å². The van der Waals surface area contributed by atoms with Crippen molar-refractivity contribution in [3.05, 3.63) is 29.6 Å². The number of aromatic amines is 1. The van der Waals surface area contributed by atoms with Gasteiger partial charge in [0.2, 0.25) is 0 Å². The number of aromatic nitrogens is 3. The van der Waals surface area contributed by atoms with E-state index in [2.05, 4.69) is 49.8 Å². The number of aryl methyl sites for hydroxylation is 2. The van der Waals surface area contributed by atoms with Crippen LogP contribution in [-0.4, -0.2) is 15.0 Å². The van der Waals surface area contributed by atoms with Crippen LogP contribution in [0.1, 0.15) is 77.6 Å². The number of fused-ring (bicyclic) bond motifs is 3. The van der Waals surface area contributed by atoms with Crippen LogP contribution in [-0.2, 0) is 12.8 Å². The molecule has 0 amide bonds. The molecule has 0 spiro atoms. The first kappa shape index (κ1) is 19.7. The molecule has 0 saturated carbocycles. The Bertz CT molecular complexity index is 902. The van der Waals surface area contributed by atoms with Crippen LogP contribution >= 0.6 is 0 Å². The van der Waals surface area contributed by atoms with E-state index < -0.39 is 0 Å². The first-order valence-corrected chi connectivity index (χ1v) is 10.4. The molecule has 0 unspecified atom stereocenters. The van der Waals surface area contributed by atoms with Crippen LogP contribution in [0.4, 0.5) is 5.82 Å². The number of benzene rings is 1. The SMILES string of the molecule is CCCc1nc2c([nH]1)c(N)nc1cccc(CCCCCCC(C)(C)C)c12. The molecule has 0 aliphatic rings. The van der Waals surface area contributed by atoms with Gasteiger partial charge in [0.15, 0.2) is 0 Å². The van der Waals surface area contributed by atoms with Crippen LogP contribution in [0.15, 0.2) is 18.2 Å². The summed E-state index contributed by atoms with van der Waals surface area (Å²) in [6.45, 7) is 9.13. The second-order valence-electron chi connectivity index (χ2n) is 8.94. The molecule has 0 saturated heterocycles. The first-order chi connectivity index (χ1) is 12.9. The minimum Gasteiger partial charge on any atom is -0.382 e. The third-order valence-electron chi connectivity index (χ3n) is 5.23. The monoisotopic (exact) mass is 366 g/mol. The van der Waals surface area contributed by atoms with Gasteiger partial charge in [-0.2, -0.15) is 0 Å².